The van der Waals surface area contributed by atoms with Crippen LogP contribution >= 0.6 is 0 Å². The van der Waals surface area contributed by atoms with Crippen LogP contribution in [0.4, 0.5) is 0 Å². The number of rotatable bonds is 4. The van der Waals surface area contributed by atoms with E-state index in [9.17, 15) is 19.8 Å². The lowest BCUT2D eigenvalue weighted by Crippen LogP contribution is -2.31. The lowest BCUT2D eigenvalue weighted by Gasteiger charge is -2.16. The predicted octanol–water partition coefficient (Wildman–Crippen LogP) is 2.26. The number of amides is 1. The third-order valence-corrected chi connectivity index (χ3v) is 4.48. The van der Waals surface area contributed by atoms with Crippen LogP contribution in [-0.2, 0) is 16.0 Å². The minimum absolute atomic E-state index is 0.118. The average Bonchev–Trinajstić information content (AvgIpc) is 3.01. The van der Waals surface area contributed by atoms with Gasteiger partial charge in [-0.15, -0.1) is 0 Å². The average molecular weight is 325 g/mol. The summed E-state index contributed by atoms with van der Waals surface area (Å²) in [6, 6.07) is 16.0. The first-order chi connectivity index (χ1) is 11.5. The van der Waals surface area contributed by atoms with E-state index < -0.39 is 11.9 Å². The third kappa shape index (κ3) is 3.40. The maximum Gasteiger partial charge on any atom is 0.308 e. The number of aliphatic carboxylic acids is 1. The van der Waals surface area contributed by atoms with Crippen molar-refractivity contribution >= 4 is 11.9 Å². The van der Waals surface area contributed by atoms with Crippen LogP contribution in [-0.4, -0.2) is 40.1 Å². The molecule has 3 rings (SSSR count). The molecule has 1 fully saturated rings. The zero-order chi connectivity index (χ0) is 17.1. The monoisotopic (exact) mass is 325 g/mol. The van der Waals surface area contributed by atoms with Gasteiger partial charge < -0.3 is 15.1 Å². The third-order valence-electron chi connectivity index (χ3n) is 4.48. The number of carboxylic acid groups (broad SMARTS) is 1. The minimum Gasteiger partial charge on any atom is -0.508 e. The second-order valence-electron chi connectivity index (χ2n) is 6.11. The Morgan fingerprint density at radius 1 is 1.04 bits per heavy atom. The lowest BCUT2D eigenvalue weighted by atomic mass is 9.89. The largest absolute Gasteiger partial charge is 0.508 e. The number of aromatic hydroxyl groups is 1. The number of phenols is 1. The number of nitrogens with zero attached hydrogens (tertiary/aromatic N) is 1. The highest BCUT2D eigenvalue weighted by Crippen LogP contribution is 2.33. The Labute approximate surface area is 140 Å². The maximum absolute atomic E-state index is 12.5. The van der Waals surface area contributed by atoms with E-state index in [-0.39, 0.29) is 30.5 Å². The molecule has 1 amide bonds. The van der Waals surface area contributed by atoms with Crippen LogP contribution in [0.25, 0.3) is 0 Å². The molecular formula is C19H19NO4. The van der Waals surface area contributed by atoms with Gasteiger partial charge in [-0.25, -0.2) is 0 Å². The second kappa shape index (κ2) is 6.74. The Morgan fingerprint density at radius 2 is 1.79 bits per heavy atom. The van der Waals surface area contributed by atoms with Crippen molar-refractivity contribution in [2.75, 3.05) is 13.1 Å². The van der Waals surface area contributed by atoms with Gasteiger partial charge in [0.05, 0.1) is 12.3 Å². The van der Waals surface area contributed by atoms with Gasteiger partial charge in [0.2, 0.25) is 5.91 Å². The van der Waals surface area contributed by atoms with Gasteiger partial charge in [-0.2, -0.15) is 0 Å². The molecule has 0 unspecified atom stereocenters. The summed E-state index contributed by atoms with van der Waals surface area (Å²) in [4.78, 5) is 25.7. The van der Waals surface area contributed by atoms with Gasteiger partial charge in [0.1, 0.15) is 5.75 Å². The fraction of sp³-hybridized carbons (Fsp3) is 0.263. The van der Waals surface area contributed by atoms with E-state index in [1.807, 2.05) is 30.3 Å². The number of hydrogen-bond acceptors (Lipinski definition) is 3. The summed E-state index contributed by atoms with van der Waals surface area (Å²) >= 11 is 0. The zero-order valence-corrected chi connectivity index (χ0v) is 13.1. The van der Waals surface area contributed by atoms with E-state index in [1.165, 1.54) is 0 Å². The van der Waals surface area contributed by atoms with Crippen LogP contribution in [0.2, 0.25) is 0 Å². The molecule has 0 saturated carbocycles. The van der Waals surface area contributed by atoms with Crippen molar-refractivity contribution in [3.63, 3.8) is 0 Å². The van der Waals surface area contributed by atoms with Crippen molar-refractivity contribution in [2.45, 2.75) is 12.3 Å². The molecule has 2 aromatic carbocycles. The van der Waals surface area contributed by atoms with Gasteiger partial charge in [-0.1, -0.05) is 42.5 Å². The van der Waals surface area contributed by atoms with Crippen LogP contribution in [0.3, 0.4) is 0 Å². The highest BCUT2D eigenvalue weighted by molar-refractivity contribution is 5.81. The molecular weight excluding hydrogens is 306 g/mol. The maximum atomic E-state index is 12.5. The summed E-state index contributed by atoms with van der Waals surface area (Å²) in [6.45, 7) is 0.616. The summed E-state index contributed by atoms with van der Waals surface area (Å²) in [5.74, 6) is -1.67. The van der Waals surface area contributed by atoms with Gasteiger partial charge in [0.25, 0.3) is 0 Å². The molecule has 1 heterocycles. The molecule has 0 bridgehead atoms. The van der Waals surface area contributed by atoms with Gasteiger partial charge in [0, 0.05) is 19.0 Å². The quantitative estimate of drug-likeness (QED) is 0.904. The summed E-state index contributed by atoms with van der Waals surface area (Å²) in [5, 5.41) is 19.0. The molecule has 2 atom stereocenters. The zero-order valence-electron chi connectivity index (χ0n) is 13.1. The second-order valence-corrected chi connectivity index (χ2v) is 6.11. The molecule has 1 aliphatic heterocycles. The molecule has 2 N–H and O–H groups in total. The van der Waals surface area contributed by atoms with Crippen LogP contribution in [0, 0.1) is 5.92 Å². The first kappa shape index (κ1) is 16.1. The first-order valence-corrected chi connectivity index (χ1v) is 7.88. The van der Waals surface area contributed by atoms with E-state index in [2.05, 4.69) is 0 Å². The van der Waals surface area contributed by atoms with Crippen molar-refractivity contribution in [1.82, 2.24) is 4.90 Å². The summed E-state index contributed by atoms with van der Waals surface area (Å²) in [6.07, 6.45) is 0.155. The topological polar surface area (TPSA) is 77.8 Å². The van der Waals surface area contributed by atoms with Crippen molar-refractivity contribution in [3.8, 4) is 5.75 Å². The van der Waals surface area contributed by atoms with Crippen molar-refractivity contribution < 1.29 is 19.8 Å². The normalized spacial score (nSPS) is 20.1. The predicted molar refractivity (Wildman–Crippen MR) is 88.7 cm³/mol. The molecule has 2 aromatic rings. The van der Waals surface area contributed by atoms with Crippen LogP contribution in [0.15, 0.2) is 54.6 Å². The summed E-state index contributed by atoms with van der Waals surface area (Å²) in [7, 11) is 0. The van der Waals surface area contributed by atoms with Crippen LogP contribution < -0.4 is 0 Å². The lowest BCUT2D eigenvalue weighted by molar-refractivity contribution is -0.141. The molecule has 5 nitrogen and oxygen atoms in total. The van der Waals surface area contributed by atoms with Crippen molar-refractivity contribution in [3.05, 3.63) is 65.7 Å². The standard InChI is InChI=1S/C19H19NO4/c21-15-8-4-5-13(9-15)10-18(22)20-11-16(17(12-20)19(23)24)14-6-2-1-3-7-14/h1-9,16-17,21H,10-12H2,(H,23,24)/t16-,17+/m0/s1. The fourth-order valence-electron chi connectivity index (χ4n) is 3.25. The molecule has 0 radical (unpaired) electrons. The summed E-state index contributed by atoms with van der Waals surface area (Å²) in [5.41, 5.74) is 1.66. The molecule has 124 valence electrons. The van der Waals surface area contributed by atoms with Crippen LogP contribution in [0.5, 0.6) is 5.75 Å². The Balaban J connectivity index is 1.75. The highest BCUT2D eigenvalue weighted by Gasteiger charge is 2.40. The van der Waals surface area contributed by atoms with Gasteiger partial charge in [-0.05, 0) is 23.3 Å². The fourth-order valence-corrected chi connectivity index (χ4v) is 3.25. The Bertz CT molecular complexity index is 744. The molecule has 24 heavy (non-hydrogen) atoms. The van der Waals surface area contributed by atoms with Crippen molar-refractivity contribution in [1.29, 1.82) is 0 Å². The SMILES string of the molecule is O=C(O)[C@@H]1CN(C(=O)Cc2cccc(O)c2)C[C@H]1c1ccccc1. The molecule has 1 aliphatic rings. The van der Waals surface area contributed by atoms with Gasteiger partial charge in [0.15, 0.2) is 0 Å². The summed E-state index contributed by atoms with van der Waals surface area (Å²) < 4.78 is 0. The molecule has 1 saturated heterocycles. The Morgan fingerprint density at radius 3 is 2.46 bits per heavy atom. The number of hydrogen-bond donors (Lipinski definition) is 2. The molecule has 0 aromatic heterocycles. The van der Waals surface area contributed by atoms with E-state index in [4.69, 9.17) is 0 Å². The van der Waals surface area contributed by atoms with Gasteiger partial charge in [-0.3, -0.25) is 9.59 Å². The van der Waals surface area contributed by atoms with E-state index in [1.54, 1.807) is 29.2 Å². The van der Waals surface area contributed by atoms with E-state index >= 15 is 0 Å². The number of carbonyl (C=O) groups excluding carboxylic acids is 1. The number of benzene rings is 2. The van der Waals surface area contributed by atoms with E-state index in [0.29, 0.717) is 6.54 Å². The molecule has 0 aliphatic carbocycles. The molecule has 0 spiro atoms. The smallest absolute Gasteiger partial charge is 0.308 e. The van der Waals surface area contributed by atoms with E-state index in [0.717, 1.165) is 11.1 Å². The number of carbonyl (C=O) groups is 2. The minimum atomic E-state index is -0.878. The first-order valence-electron chi connectivity index (χ1n) is 7.88. The highest BCUT2D eigenvalue weighted by atomic mass is 16.4. The Kier molecular flexibility index (Phi) is 4.51. The number of carboxylic acids is 1. The number of likely N-dealkylation sites (tertiary alicyclic amines) is 1. The molecule has 5 heteroatoms. The van der Waals surface area contributed by atoms with Gasteiger partial charge >= 0.3 is 5.97 Å². The Hall–Kier alpha value is -2.82. The van der Waals surface area contributed by atoms with Crippen LogP contribution in [0.1, 0.15) is 17.0 Å². The number of phenolic OH excluding ortho intramolecular Hbond substituents is 1. The van der Waals surface area contributed by atoms with Crippen molar-refractivity contribution in [2.24, 2.45) is 5.92 Å².